The third-order valence-electron chi connectivity index (χ3n) is 2.82. The minimum absolute atomic E-state index is 0.276. The number of hydrogen-bond acceptors (Lipinski definition) is 2. The predicted molar refractivity (Wildman–Crippen MR) is 51.5 cm³/mol. The molecule has 1 aliphatic rings. The molecule has 13 heavy (non-hydrogen) atoms. The Morgan fingerprint density at radius 3 is 2.85 bits per heavy atom. The van der Waals surface area contributed by atoms with Crippen LogP contribution in [0.25, 0.3) is 0 Å². The lowest BCUT2D eigenvalue weighted by Crippen LogP contribution is -2.30. The number of rotatable bonds is 3. The van der Waals surface area contributed by atoms with Crippen LogP contribution in [-0.2, 0) is 4.74 Å². The molecular weight excluding hydrogens is 166 g/mol. The van der Waals surface area contributed by atoms with Crippen LogP contribution in [0.15, 0.2) is 0 Å². The molecule has 0 aromatic heterocycles. The summed E-state index contributed by atoms with van der Waals surface area (Å²) in [5, 5.41) is 2.79. The fourth-order valence-electron chi connectivity index (χ4n) is 1.92. The SMILES string of the molecule is CCOC(=O)NC[C@@H]1CCC[C@@H]1C. The first-order valence-electron chi connectivity index (χ1n) is 5.14. The van der Waals surface area contributed by atoms with Crippen LogP contribution in [0.2, 0.25) is 0 Å². The highest BCUT2D eigenvalue weighted by molar-refractivity contribution is 5.67. The molecule has 1 N–H and O–H groups in total. The maximum Gasteiger partial charge on any atom is 0.407 e. The molecule has 0 heterocycles. The van der Waals surface area contributed by atoms with E-state index in [0.29, 0.717) is 12.5 Å². The van der Waals surface area contributed by atoms with Crippen LogP contribution in [0.1, 0.15) is 33.1 Å². The fourth-order valence-corrected chi connectivity index (χ4v) is 1.92. The number of hydrogen-bond donors (Lipinski definition) is 1. The topological polar surface area (TPSA) is 38.3 Å². The Morgan fingerprint density at radius 2 is 2.31 bits per heavy atom. The molecule has 1 fully saturated rings. The van der Waals surface area contributed by atoms with Crippen molar-refractivity contribution >= 4 is 6.09 Å². The monoisotopic (exact) mass is 185 g/mol. The van der Waals surface area contributed by atoms with Crippen molar-refractivity contribution in [1.29, 1.82) is 0 Å². The highest BCUT2D eigenvalue weighted by Gasteiger charge is 2.23. The third-order valence-corrected chi connectivity index (χ3v) is 2.82. The molecule has 1 saturated carbocycles. The molecule has 0 saturated heterocycles. The van der Waals surface area contributed by atoms with E-state index in [2.05, 4.69) is 12.2 Å². The van der Waals surface area contributed by atoms with Crippen LogP contribution >= 0.6 is 0 Å². The molecule has 1 rings (SSSR count). The number of amides is 1. The van der Waals surface area contributed by atoms with Crippen molar-refractivity contribution in [2.24, 2.45) is 11.8 Å². The lowest BCUT2D eigenvalue weighted by molar-refractivity contribution is 0.149. The van der Waals surface area contributed by atoms with E-state index in [1.165, 1.54) is 19.3 Å². The average molecular weight is 185 g/mol. The maximum atomic E-state index is 11.0. The summed E-state index contributed by atoms with van der Waals surface area (Å²) in [7, 11) is 0. The fraction of sp³-hybridized carbons (Fsp3) is 0.900. The van der Waals surface area contributed by atoms with E-state index in [1.807, 2.05) is 6.92 Å². The molecule has 3 nitrogen and oxygen atoms in total. The molecule has 3 heteroatoms. The Hall–Kier alpha value is -0.730. The van der Waals surface area contributed by atoms with Gasteiger partial charge < -0.3 is 10.1 Å². The molecule has 0 spiro atoms. The van der Waals surface area contributed by atoms with Gasteiger partial charge in [-0.2, -0.15) is 0 Å². The Bertz CT molecular complexity index is 170. The summed E-state index contributed by atoms with van der Waals surface area (Å²) in [5.74, 6) is 1.41. The van der Waals surface area contributed by atoms with Crippen molar-refractivity contribution in [2.45, 2.75) is 33.1 Å². The van der Waals surface area contributed by atoms with E-state index in [0.717, 1.165) is 12.5 Å². The van der Waals surface area contributed by atoms with Crippen LogP contribution < -0.4 is 5.32 Å². The summed E-state index contributed by atoms with van der Waals surface area (Å²) in [6.45, 7) is 5.30. The lowest BCUT2D eigenvalue weighted by Gasteiger charge is -2.15. The summed E-state index contributed by atoms with van der Waals surface area (Å²) < 4.78 is 4.79. The van der Waals surface area contributed by atoms with Crippen LogP contribution in [0, 0.1) is 11.8 Å². The molecule has 1 amide bonds. The lowest BCUT2D eigenvalue weighted by atomic mass is 9.98. The van der Waals surface area contributed by atoms with Gasteiger partial charge in [0.2, 0.25) is 0 Å². The molecule has 0 aliphatic heterocycles. The smallest absolute Gasteiger partial charge is 0.407 e. The molecule has 76 valence electrons. The number of alkyl carbamates (subject to hydrolysis) is 1. The first kappa shape index (κ1) is 10.4. The molecule has 2 atom stereocenters. The highest BCUT2D eigenvalue weighted by Crippen LogP contribution is 2.30. The second kappa shape index (κ2) is 5.10. The summed E-state index contributed by atoms with van der Waals surface area (Å²) in [6.07, 6.45) is 3.57. The standard InChI is InChI=1S/C10H19NO2/c1-3-13-10(12)11-7-9-6-4-5-8(9)2/h8-9H,3-7H2,1-2H3,(H,11,12)/t8-,9-/m0/s1. The van der Waals surface area contributed by atoms with Crippen molar-refractivity contribution in [2.75, 3.05) is 13.2 Å². The summed E-state index contributed by atoms with van der Waals surface area (Å²) in [4.78, 5) is 11.0. The van der Waals surface area contributed by atoms with E-state index in [9.17, 15) is 4.79 Å². The van der Waals surface area contributed by atoms with Crippen LogP contribution in [0.3, 0.4) is 0 Å². The molecule has 0 bridgehead atoms. The van der Waals surface area contributed by atoms with Crippen molar-refractivity contribution in [1.82, 2.24) is 5.32 Å². The molecule has 0 aromatic rings. The van der Waals surface area contributed by atoms with Crippen molar-refractivity contribution in [3.63, 3.8) is 0 Å². The highest BCUT2D eigenvalue weighted by atomic mass is 16.5. The van der Waals surface area contributed by atoms with E-state index in [1.54, 1.807) is 0 Å². The van der Waals surface area contributed by atoms with Gasteiger partial charge in [0.25, 0.3) is 0 Å². The van der Waals surface area contributed by atoms with Gasteiger partial charge in [-0.05, 0) is 25.2 Å². The average Bonchev–Trinajstić information content (AvgIpc) is 2.48. The van der Waals surface area contributed by atoms with E-state index in [-0.39, 0.29) is 6.09 Å². The van der Waals surface area contributed by atoms with Crippen molar-refractivity contribution < 1.29 is 9.53 Å². The van der Waals surface area contributed by atoms with E-state index >= 15 is 0 Å². The van der Waals surface area contributed by atoms with Crippen LogP contribution in [-0.4, -0.2) is 19.2 Å². The number of carbonyl (C=O) groups excluding carboxylic acids is 1. The Kier molecular flexibility index (Phi) is 4.06. The number of ether oxygens (including phenoxy) is 1. The van der Waals surface area contributed by atoms with Gasteiger partial charge in [0, 0.05) is 6.54 Å². The van der Waals surface area contributed by atoms with Gasteiger partial charge in [0.15, 0.2) is 0 Å². The predicted octanol–water partition coefficient (Wildman–Crippen LogP) is 2.17. The first-order valence-corrected chi connectivity index (χ1v) is 5.14. The van der Waals surface area contributed by atoms with Gasteiger partial charge in [-0.25, -0.2) is 4.79 Å². The summed E-state index contributed by atoms with van der Waals surface area (Å²) in [6, 6.07) is 0. The van der Waals surface area contributed by atoms with Crippen LogP contribution in [0.5, 0.6) is 0 Å². The maximum absolute atomic E-state index is 11.0. The molecule has 0 radical (unpaired) electrons. The second-order valence-electron chi connectivity index (χ2n) is 3.77. The van der Waals surface area contributed by atoms with Crippen molar-refractivity contribution in [3.8, 4) is 0 Å². The molecular formula is C10H19NO2. The first-order chi connectivity index (χ1) is 6.24. The normalized spacial score (nSPS) is 27.2. The minimum Gasteiger partial charge on any atom is -0.450 e. The zero-order chi connectivity index (χ0) is 9.68. The van der Waals surface area contributed by atoms with Crippen LogP contribution in [0.4, 0.5) is 4.79 Å². The number of nitrogens with one attached hydrogen (secondary N) is 1. The zero-order valence-corrected chi connectivity index (χ0v) is 8.51. The second-order valence-corrected chi connectivity index (χ2v) is 3.77. The van der Waals surface area contributed by atoms with E-state index < -0.39 is 0 Å². The van der Waals surface area contributed by atoms with Gasteiger partial charge in [0.1, 0.15) is 0 Å². The third kappa shape index (κ3) is 3.25. The molecule has 0 aromatic carbocycles. The van der Waals surface area contributed by atoms with Crippen molar-refractivity contribution in [3.05, 3.63) is 0 Å². The van der Waals surface area contributed by atoms with Gasteiger partial charge in [-0.1, -0.05) is 19.8 Å². The van der Waals surface area contributed by atoms with Gasteiger partial charge in [-0.3, -0.25) is 0 Å². The number of carbonyl (C=O) groups is 1. The summed E-state index contributed by atoms with van der Waals surface area (Å²) in [5.41, 5.74) is 0. The Labute approximate surface area is 79.8 Å². The Balaban J connectivity index is 2.14. The minimum atomic E-state index is -0.276. The molecule has 1 aliphatic carbocycles. The quantitative estimate of drug-likeness (QED) is 0.731. The van der Waals surface area contributed by atoms with Gasteiger partial charge >= 0.3 is 6.09 Å². The van der Waals surface area contributed by atoms with E-state index in [4.69, 9.17) is 4.74 Å². The zero-order valence-electron chi connectivity index (χ0n) is 8.51. The largest absolute Gasteiger partial charge is 0.450 e. The van der Waals surface area contributed by atoms with Gasteiger partial charge in [0.05, 0.1) is 6.61 Å². The van der Waals surface area contributed by atoms with Gasteiger partial charge in [-0.15, -0.1) is 0 Å². The molecule has 0 unspecified atom stereocenters. The summed E-state index contributed by atoms with van der Waals surface area (Å²) >= 11 is 0. The Morgan fingerprint density at radius 1 is 1.54 bits per heavy atom.